The first kappa shape index (κ1) is 24.6. The third-order valence-electron chi connectivity index (χ3n) is 5.83. The van der Waals surface area contributed by atoms with Crippen LogP contribution in [0.2, 0.25) is 0 Å². The normalized spacial score (nSPS) is 13.9. The molecule has 0 aliphatic carbocycles. The molecule has 3 heterocycles. The minimum atomic E-state index is -0.325. The van der Waals surface area contributed by atoms with E-state index in [2.05, 4.69) is 27.4 Å². The fraction of sp³-hybridized carbons (Fsp3) is 0.560. The Balaban J connectivity index is 1.50. The number of pyridine rings is 1. The van der Waals surface area contributed by atoms with E-state index in [1.165, 1.54) is 25.5 Å². The first-order valence-electron chi connectivity index (χ1n) is 11.8. The summed E-state index contributed by atoms with van der Waals surface area (Å²) in [5.74, 6) is 0.509. The molecule has 0 spiro atoms. The fourth-order valence-corrected chi connectivity index (χ4v) is 4.05. The quantitative estimate of drug-likeness (QED) is 0.379. The smallest absolute Gasteiger partial charge is 0.316 e. The first-order valence-corrected chi connectivity index (χ1v) is 11.8. The number of aromatic nitrogens is 3. The number of ether oxygens (including phenoxy) is 2. The lowest BCUT2D eigenvalue weighted by molar-refractivity contribution is -0.143. The minimum Gasteiger partial charge on any atom is -0.467 e. The molecule has 178 valence electrons. The lowest BCUT2D eigenvalue weighted by Gasteiger charge is -2.15. The number of fused-ring (bicyclic) bond motifs is 1. The monoisotopic (exact) mass is 454 g/mol. The molecule has 2 aromatic rings. The number of methoxy groups -OCH3 is 1. The zero-order valence-corrected chi connectivity index (χ0v) is 19.6. The number of esters is 1. The molecule has 1 atom stereocenters. The lowest BCUT2D eigenvalue weighted by atomic mass is 9.91. The van der Waals surface area contributed by atoms with E-state index in [4.69, 9.17) is 14.5 Å². The van der Waals surface area contributed by atoms with Gasteiger partial charge in [0.25, 0.3) is 0 Å². The van der Waals surface area contributed by atoms with Crippen LogP contribution in [-0.2, 0) is 27.2 Å². The van der Waals surface area contributed by atoms with E-state index in [0.717, 1.165) is 49.3 Å². The summed E-state index contributed by atoms with van der Waals surface area (Å²) in [4.78, 5) is 37.7. The average Bonchev–Trinajstić information content (AvgIpc) is 3.07. The SMILES string of the molecule is CCOC(=O)CC(CC(=O)CCCCc1ccc2c(n1)NCCCC2)c1cnc(OC)nc1. The van der Waals surface area contributed by atoms with Crippen molar-refractivity contribution in [3.8, 4) is 6.01 Å². The number of hydrogen-bond acceptors (Lipinski definition) is 8. The Hall–Kier alpha value is -3.03. The zero-order chi connectivity index (χ0) is 23.5. The van der Waals surface area contributed by atoms with Crippen LogP contribution in [0.4, 0.5) is 5.82 Å². The molecule has 0 saturated heterocycles. The van der Waals surface area contributed by atoms with Gasteiger partial charge in [-0.05, 0) is 62.6 Å². The summed E-state index contributed by atoms with van der Waals surface area (Å²) < 4.78 is 10.1. The molecular formula is C25H34N4O4. The second kappa shape index (κ2) is 12.9. The van der Waals surface area contributed by atoms with E-state index in [9.17, 15) is 9.59 Å². The molecule has 0 fully saturated rings. The van der Waals surface area contributed by atoms with Gasteiger partial charge in [0.05, 0.1) is 20.1 Å². The summed E-state index contributed by atoms with van der Waals surface area (Å²) in [6.45, 7) is 3.05. The zero-order valence-electron chi connectivity index (χ0n) is 19.6. The van der Waals surface area contributed by atoms with Gasteiger partial charge in [0.15, 0.2) is 0 Å². The van der Waals surface area contributed by atoms with E-state index in [0.29, 0.717) is 13.0 Å². The highest BCUT2D eigenvalue weighted by Gasteiger charge is 2.21. The highest BCUT2D eigenvalue weighted by Crippen LogP contribution is 2.25. The highest BCUT2D eigenvalue weighted by molar-refractivity contribution is 5.80. The maximum Gasteiger partial charge on any atom is 0.316 e. The molecule has 0 amide bonds. The van der Waals surface area contributed by atoms with E-state index in [1.807, 2.05) is 0 Å². The number of unbranched alkanes of at least 4 members (excludes halogenated alkanes) is 1. The van der Waals surface area contributed by atoms with Gasteiger partial charge in [-0.1, -0.05) is 6.07 Å². The van der Waals surface area contributed by atoms with E-state index < -0.39 is 0 Å². The van der Waals surface area contributed by atoms with Crippen LogP contribution in [0, 0.1) is 0 Å². The molecule has 33 heavy (non-hydrogen) atoms. The highest BCUT2D eigenvalue weighted by atomic mass is 16.5. The van der Waals surface area contributed by atoms with Crippen LogP contribution in [0.15, 0.2) is 24.5 Å². The van der Waals surface area contributed by atoms with Crippen molar-refractivity contribution < 1.29 is 19.1 Å². The number of hydrogen-bond donors (Lipinski definition) is 1. The molecule has 1 unspecified atom stereocenters. The second-order valence-electron chi connectivity index (χ2n) is 8.35. The summed E-state index contributed by atoms with van der Waals surface area (Å²) in [6.07, 6.45) is 10.1. The Morgan fingerprint density at radius 1 is 1.12 bits per heavy atom. The number of anilines is 1. The molecule has 1 N–H and O–H groups in total. The van der Waals surface area contributed by atoms with Gasteiger partial charge < -0.3 is 14.8 Å². The molecule has 1 aliphatic heterocycles. The topological polar surface area (TPSA) is 103 Å². The number of Topliss-reactive ketones (excluding diaryl/α,β-unsaturated/α-hetero) is 1. The Labute approximate surface area is 195 Å². The summed E-state index contributed by atoms with van der Waals surface area (Å²) >= 11 is 0. The summed E-state index contributed by atoms with van der Waals surface area (Å²) in [7, 11) is 1.49. The van der Waals surface area contributed by atoms with Crippen molar-refractivity contribution in [2.24, 2.45) is 0 Å². The molecule has 8 nitrogen and oxygen atoms in total. The van der Waals surface area contributed by atoms with Gasteiger partial charge in [-0.25, -0.2) is 15.0 Å². The number of nitrogens with zero attached hydrogens (tertiary/aromatic N) is 3. The van der Waals surface area contributed by atoms with Crippen LogP contribution >= 0.6 is 0 Å². The van der Waals surface area contributed by atoms with Crippen LogP contribution in [0.1, 0.15) is 74.6 Å². The molecular weight excluding hydrogens is 420 g/mol. The van der Waals surface area contributed by atoms with Gasteiger partial charge in [-0.15, -0.1) is 0 Å². The van der Waals surface area contributed by atoms with Gasteiger partial charge in [-0.3, -0.25) is 9.59 Å². The molecule has 3 rings (SSSR count). The van der Waals surface area contributed by atoms with Crippen molar-refractivity contribution in [3.05, 3.63) is 41.3 Å². The van der Waals surface area contributed by atoms with Gasteiger partial charge in [0.2, 0.25) is 0 Å². The number of aryl methyl sites for hydroxylation is 2. The number of carbonyl (C=O) groups excluding carboxylic acids is 2. The Morgan fingerprint density at radius 2 is 1.94 bits per heavy atom. The summed E-state index contributed by atoms with van der Waals surface area (Å²) in [5.41, 5.74) is 3.09. The van der Waals surface area contributed by atoms with E-state index in [-0.39, 0.29) is 36.5 Å². The first-order chi connectivity index (χ1) is 16.1. The van der Waals surface area contributed by atoms with Crippen LogP contribution in [0.3, 0.4) is 0 Å². The molecule has 8 heteroatoms. The van der Waals surface area contributed by atoms with Crippen LogP contribution in [0.5, 0.6) is 6.01 Å². The van der Waals surface area contributed by atoms with Gasteiger partial charge >= 0.3 is 12.0 Å². The largest absolute Gasteiger partial charge is 0.467 e. The predicted molar refractivity (Wildman–Crippen MR) is 125 cm³/mol. The number of carbonyl (C=O) groups is 2. The van der Waals surface area contributed by atoms with E-state index in [1.54, 1.807) is 19.3 Å². The molecule has 0 radical (unpaired) electrons. The van der Waals surface area contributed by atoms with Gasteiger partial charge in [0, 0.05) is 43.4 Å². The van der Waals surface area contributed by atoms with Crippen molar-refractivity contribution in [2.75, 3.05) is 25.6 Å². The summed E-state index contributed by atoms with van der Waals surface area (Å²) in [6, 6.07) is 4.53. The maximum atomic E-state index is 12.7. The predicted octanol–water partition coefficient (Wildman–Crippen LogP) is 4.04. The van der Waals surface area contributed by atoms with Crippen molar-refractivity contribution in [1.29, 1.82) is 0 Å². The van der Waals surface area contributed by atoms with Gasteiger partial charge in [-0.2, -0.15) is 0 Å². The second-order valence-corrected chi connectivity index (χ2v) is 8.35. The number of rotatable bonds is 12. The number of nitrogens with one attached hydrogen (secondary N) is 1. The maximum absolute atomic E-state index is 12.7. The number of ketones is 1. The lowest BCUT2D eigenvalue weighted by Crippen LogP contribution is -2.15. The Bertz CT molecular complexity index is 917. The van der Waals surface area contributed by atoms with E-state index >= 15 is 0 Å². The van der Waals surface area contributed by atoms with Crippen molar-refractivity contribution in [1.82, 2.24) is 15.0 Å². The third-order valence-corrected chi connectivity index (χ3v) is 5.83. The Kier molecular flexibility index (Phi) is 9.59. The molecule has 0 saturated carbocycles. The molecule has 0 bridgehead atoms. The van der Waals surface area contributed by atoms with Gasteiger partial charge in [0.1, 0.15) is 11.6 Å². The Morgan fingerprint density at radius 3 is 2.70 bits per heavy atom. The van der Waals surface area contributed by atoms with Crippen molar-refractivity contribution >= 4 is 17.6 Å². The van der Waals surface area contributed by atoms with Crippen LogP contribution < -0.4 is 10.1 Å². The molecule has 2 aromatic heterocycles. The standard InChI is InChI=1S/C25H34N4O4/c1-3-33-23(31)15-19(20-16-27-25(32-2)28-17-20)14-22(30)10-5-4-9-21-12-11-18-8-6-7-13-26-24(18)29-21/h11-12,16-17,19H,3-10,13-15H2,1-2H3,(H,26,29). The summed E-state index contributed by atoms with van der Waals surface area (Å²) in [5, 5.41) is 3.42. The minimum absolute atomic E-state index is 0.122. The molecule has 0 aromatic carbocycles. The average molecular weight is 455 g/mol. The fourth-order valence-electron chi connectivity index (χ4n) is 4.05. The van der Waals surface area contributed by atoms with Crippen molar-refractivity contribution in [3.63, 3.8) is 0 Å². The molecule has 1 aliphatic rings. The van der Waals surface area contributed by atoms with Crippen molar-refractivity contribution in [2.45, 2.75) is 70.6 Å². The van der Waals surface area contributed by atoms with Crippen LogP contribution in [-0.4, -0.2) is 47.0 Å². The third kappa shape index (κ3) is 7.80. The van der Waals surface area contributed by atoms with Crippen LogP contribution in [0.25, 0.3) is 0 Å².